The van der Waals surface area contributed by atoms with E-state index in [0.29, 0.717) is 10.6 Å². The van der Waals surface area contributed by atoms with Crippen molar-refractivity contribution in [1.82, 2.24) is 5.32 Å². The number of ether oxygens (including phenoxy) is 1. The van der Waals surface area contributed by atoms with Gasteiger partial charge in [-0.3, -0.25) is 10.1 Å². The van der Waals surface area contributed by atoms with Gasteiger partial charge in [0.1, 0.15) is 5.75 Å². The molecule has 0 bridgehead atoms. The van der Waals surface area contributed by atoms with Crippen molar-refractivity contribution in [3.05, 3.63) is 59.1 Å². The first-order chi connectivity index (χ1) is 11.5. The van der Waals surface area contributed by atoms with Crippen molar-refractivity contribution in [1.29, 1.82) is 0 Å². The summed E-state index contributed by atoms with van der Waals surface area (Å²) in [7, 11) is 0. The lowest BCUT2D eigenvalue weighted by Crippen LogP contribution is -2.34. The van der Waals surface area contributed by atoms with E-state index in [1.165, 1.54) is 0 Å². The van der Waals surface area contributed by atoms with Gasteiger partial charge in [0, 0.05) is 16.3 Å². The predicted octanol–water partition coefficient (Wildman–Crippen LogP) is 4.64. The molecule has 126 valence electrons. The highest BCUT2D eigenvalue weighted by Gasteiger charge is 2.08. The minimum absolute atomic E-state index is 0.170. The Morgan fingerprint density at radius 2 is 1.79 bits per heavy atom. The number of halogens is 1. The standard InChI is InChI=1S/C18H19ClN2O2S/c1-3-12(2)23-16-10-8-15(9-11-16)20-18(24)21-17(22)13-4-6-14(19)7-5-13/h4-12H,3H2,1-2H3,(H2,20,21,22,24). The Labute approximate surface area is 152 Å². The number of carbonyl (C=O) groups is 1. The van der Waals surface area contributed by atoms with Crippen LogP contribution in [-0.2, 0) is 0 Å². The average Bonchev–Trinajstić information content (AvgIpc) is 2.57. The number of benzene rings is 2. The summed E-state index contributed by atoms with van der Waals surface area (Å²) in [5, 5.41) is 6.40. The van der Waals surface area contributed by atoms with E-state index >= 15 is 0 Å². The number of amides is 1. The van der Waals surface area contributed by atoms with Gasteiger partial charge >= 0.3 is 0 Å². The number of thiocarbonyl (C=S) groups is 1. The van der Waals surface area contributed by atoms with Crippen molar-refractivity contribution < 1.29 is 9.53 Å². The van der Waals surface area contributed by atoms with Gasteiger partial charge < -0.3 is 10.1 Å². The van der Waals surface area contributed by atoms with Crippen molar-refractivity contribution in [3.63, 3.8) is 0 Å². The number of anilines is 1. The monoisotopic (exact) mass is 362 g/mol. The molecule has 0 radical (unpaired) electrons. The summed E-state index contributed by atoms with van der Waals surface area (Å²) < 4.78 is 5.71. The molecular formula is C18H19ClN2O2S. The molecule has 2 aromatic carbocycles. The molecule has 0 aliphatic rings. The van der Waals surface area contributed by atoms with E-state index < -0.39 is 0 Å². The van der Waals surface area contributed by atoms with E-state index in [0.717, 1.165) is 17.9 Å². The summed E-state index contributed by atoms with van der Waals surface area (Å²) in [5.41, 5.74) is 1.26. The molecule has 0 aromatic heterocycles. The lowest BCUT2D eigenvalue weighted by Gasteiger charge is -2.13. The molecule has 0 aliphatic heterocycles. The minimum atomic E-state index is -0.291. The minimum Gasteiger partial charge on any atom is -0.491 e. The van der Waals surface area contributed by atoms with Gasteiger partial charge in [-0.15, -0.1) is 0 Å². The zero-order valence-corrected chi connectivity index (χ0v) is 15.1. The fraction of sp³-hybridized carbons (Fsp3) is 0.222. The topological polar surface area (TPSA) is 50.4 Å². The van der Waals surface area contributed by atoms with Crippen LogP contribution < -0.4 is 15.4 Å². The maximum absolute atomic E-state index is 12.1. The number of carbonyl (C=O) groups excluding carboxylic acids is 1. The fourth-order valence-electron chi connectivity index (χ4n) is 1.87. The molecule has 24 heavy (non-hydrogen) atoms. The summed E-state index contributed by atoms with van der Waals surface area (Å²) >= 11 is 11.0. The molecule has 0 fully saturated rings. The predicted molar refractivity (Wildman–Crippen MR) is 102 cm³/mol. The van der Waals surface area contributed by atoms with Gasteiger partial charge in [0.15, 0.2) is 5.11 Å². The smallest absolute Gasteiger partial charge is 0.257 e. The van der Waals surface area contributed by atoms with Crippen LogP contribution in [0.15, 0.2) is 48.5 Å². The van der Waals surface area contributed by atoms with Gasteiger partial charge in [0.25, 0.3) is 5.91 Å². The Morgan fingerprint density at radius 3 is 2.38 bits per heavy atom. The zero-order chi connectivity index (χ0) is 17.5. The van der Waals surface area contributed by atoms with Crippen molar-refractivity contribution in [2.24, 2.45) is 0 Å². The van der Waals surface area contributed by atoms with E-state index in [-0.39, 0.29) is 17.1 Å². The largest absolute Gasteiger partial charge is 0.491 e. The zero-order valence-electron chi connectivity index (χ0n) is 13.5. The molecule has 1 atom stereocenters. The molecule has 0 aliphatic carbocycles. The maximum atomic E-state index is 12.1. The molecule has 2 rings (SSSR count). The van der Waals surface area contributed by atoms with Crippen LogP contribution >= 0.6 is 23.8 Å². The molecule has 0 spiro atoms. The Bertz CT molecular complexity index is 702. The highest BCUT2D eigenvalue weighted by atomic mass is 35.5. The van der Waals surface area contributed by atoms with Gasteiger partial charge in [0.05, 0.1) is 6.10 Å². The third-order valence-corrected chi connectivity index (χ3v) is 3.81. The molecule has 2 aromatic rings. The van der Waals surface area contributed by atoms with Crippen molar-refractivity contribution >= 4 is 40.5 Å². The molecule has 1 amide bonds. The van der Waals surface area contributed by atoms with E-state index in [2.05, 4.69) is 17.6 Å². The van der Waals surface area contributed by atoms with Crippen molar-refractivity contribution in [3.8, 4) is 5.75 Å². The second-order valence-electron chi connectivity index (χ2n) is 5.28. The van der Waals surface area contributed by atoms with Crippen LogP contribution in [0.2, 0.25) is 5.02 Å². The Hall–Kier alpha value is -2.11. The molecular weight excluding hydrogens is 344 g/mol. The van der Waals surface area contributed by atoms with E-state index in [1.807, 2.05) is 31.2 Å². The molecule has 0 saturated heterocycles. The summed E-state index contributed by atoms with van der Waals surface area (Å²) in [6.45, 7) is 4.09. The second-order valence-corrected chi connectivity index (χ2v) is 6.12. The normalized spacial score (nSPS) is 11.5. The third-order valence-electron chi connectivity index (χ3n) is 3.36. The summed E-state index contributed by atoms with van der Waals surface area (Å²) in [5.74, 6) is 0.506. The summed E-state index contributed by atoms with van der Waals surface area (Å²) in [6, 6.07) is 14.0. The van der Waals surface area contributed by atoms with Gasteiger partial charge in [-0.2, -0.15) is 0 Å². The lowest BCUT2D eigenvalue weighted by molar-refractivity contribution is 0.0977. The van der Waals surface area contributed by atoms with Crippen molar-refractivity contribution in [2.45, 2.75) is 26.4 Å². The fourth-order valence-corrected chi connectivity index (χ4v) is 2.21. The van der Waals surface area contributed by atoms with Gasteiger partial charge in [-0.1, -0.05) is 18.5 Å². The van der Waals surface area contributed by atoms with Crippen LogP contribution in [0.4, 0.5) is 5.69 Å². The SMILES string of the molecule is CCC(C)Oc1ccc(NC(=S)NC(=O)c2ccc(Cl)cc2)cc1. The first kappa shape index (κ1) is 18.2. The molecule has 0 heterocycles. The molecule has 6 heteroatoms. The highest BCUT2D eigenvalue weighted by molar-refractivity contribution is 7.80. The van der Waals surface area contributed by atoms with Gasteiger partial charge in [0.2, 0.25) is 0 Å². The molecule has 1 unspecified atom stereocenters. The van der Waals surface area contributed by atoms with Crippen LogP contribution in [0.1, 0.15) is 30.6 Å². The van der Waals surface area contributed by atoms with Crippen LogP contribution in [0.3, 0.4) is 0 Å². The van der Waals surface area contributed by atoms with Crippen LogP contribution in [0.25, 0.3) is 0 Å². The Morgan fingerprint density at radius 1 is 1.17 bits per heavy atom. The number of rotatable bonds is 5. The number of hydrogen-bond donors (Lipinski definition) is 2. The third kappa shape index (κ3) is 5.51. The van der Waals surface area contributed by atoms with E-state index in [9.17, 15) is 4.79 Å². The summed E-state index contributed by atoms with van der Waals surface area (Å²) in [4.78, 5) is 12.1. The molecule has 2 N–H and O–H groups in total. The quantitative estimate of drug-likeness (QED) is 0.760. The lowest BCUT2D eigenvalue weighted by atomic mass is 10.2. The van der Waals surface area contributed by atoms with E-state index in [4.69, 9.17) is 28.6 Å². The van der Waals surface area contributed by atoms with Crippen LogP contribution in [0.5, 0.6) is 5.75 Å². The average molecular weight is 363 g/mol. The summed E-state index contributed by atoms with van der Waals surface area (Å²) in [6.07, 6.45) is 1.12. The Balaban J connectivity index is 1.90. The number of nitrogens with one attached hydrogen (secondary N) is 2. The maximum Gasteiger partial charge on any atom is 0.257 e. The van der Waals surface area contributed by atoms with Gasteiger partial charge in [-0.25, -0.2) is 0 Å². The van der Waals surface area contributed by atoms with Crippen LogP contribution in [-0.4, -0.2) is 17.1 Å². The number of hydrogen-bond acceptors (Lipinski definition) is 3. The second kappa shape index (κ2) is 8.66. The Kier molecular flexibility index (Phi) is 6.58. The highest BCUT2D eigenvalue weighted by Crippen LogP contribution is 2.17. The first-order valence-electron chi connectivity index (χ1n) is 7.62. The first-order valence-corrected chi connectivity index (χ1v) is 8.41. The van der Waals surface area contributed by atoms with Gasteiger partial charge in [-0.05, 0) is 74.1 Å². The van der Waals surface area contributed by atoms with Crippen molar-refractivity contribution in [2.75, 3.05) is 5.32 Å². The molecule has 0 saturated carbocycles. The molecule has 4 nitrogen and oxygen atoms in total. The van der Waals surface area contributed by atoms with E-state index in [1.54, 1.807) is 24.3 Å². The van der Waals surface area contributed by atoms with Crippen LogP contribution in [0, 0.1) is 0 Å².